The smallest absolute Gasteiger partial charge is 0.352 e. The molecule has 0 unspecified atom stereocenters. The van der Waals surface area contributed by atoms with Crippen molar-refractivity contribution in [2.75, 3.05) is 0 Å². The SMILES string of the molecule is O=C(O)c1ccn2c(C(=O)O)cccc12. The van der Waals surface area contributed by atoms with Crippen LogP contribution in [-0.4, -0.2) is 26.6 Å². The van der Waals surface area contributed by atoms with Crippen molar-refractivity contribution in [3.05, 3.63) is 41.7 Å². The van der Waals surface area contributed by atoms with E-state index in [2.05, 4.69) is 0 Å². The zero-order chi connectivity index (χ0) is 11.0. The molecule has 0 bridgehead atoms. The zero-order valence-corrected chi connectivity index (χ0v) is 7.54. The van der Waals surface area contributed by atoms with Gasteiger partial charge in [0.25, 0.3) is 0 Å². The molecule has 2 rings (SSSR count). The van der Waals surface area contributed by atoms with E-state index < -0.39 is 11.9 Å². The lowest BCUT2D eigenvalue weighted by molar-refractivity contribution is 0.0679. The molecule has 5 heteroatoms. The van der Waals surface area contributed by atoms with E-state index in [1.54, 1.807) is 6.07 Å². The van der Waals surface area contributed by atoms with Crippen LogP contribution in [0.1, 0.15) is 20.8 Å². The highest BCUT2D eigenvalue weighted by molar-refractivity contribution is 5.97. The Morgan fingerprint density at radius 3 is 2.40 bits per heavy atom. The number of nitrogens with zero attached hydrogens (tertiary/aromatic N) is 1. The van der Waals surface area contributed by atoms with Crippen LogP contribution in [0.25, 0.3) is 5.52 Å². The topological polar surface area (TPSA) is 79.0 Å². The molecular weight excluding hydrogens is 198 g/mol. The molecule has 0 atom stereocenters. The molecule has 0 radical (unpaired) electrons. The fourth-order valence-corrected chi connectivity index (χ4v) is 1.49. The third-order valence-electron chi connectivity index (χ3n) is 2.14. The predicted octanol–water partition coefficient (Wildman–Crippen LogP) is 1.34. The highest BCUT2D eigenvalue weighted by atomic mass is 16.4. The van der Waals surface area contributed by atoms with Gasteiger partial charge in [-0.15, -0.1) is 0 Å². The van der Waals surface area contributed by atoms with Crippen LogP contribution in [0.4, 0.5) is 0 Å². The van der Waals surface area contributed by atoms with E-state index in [9.17, 15) is 9.59 Å². The van der Waals surface area contributed by atoms with Crippen LogP contribution in [0.3, 0.4) is 0 Å². The first-order valence-electron chi connectivity index (χ1n) is 4.18. The molecule has 15 heavy (non-hydrogen) atoms. The maximum Gasteiger partial charge on any atom is 0.352 e. The Bertz CT molecular complexity index is 556. The Hall–Kier alpha value is -2.30. The minimum atomic E-state index is -1.09. The molecule has 0 saturated heterocycles. The van der Waals surface area contributed by atoms with E-state index in [4.69, 9.17) is 10.2 Å². The largest absolute Gasteiger partial charge is 0.478 e. The highest BCUT2D eigenvalue weighted by Crippen LogP contribution is 2.15. The van der Waals surface area contributed by atoms with Gasteiger partial charge < -0.3 is 14.6 Å². The van der Waals surface area contributed by atoms with E-state index in [0.29, 0.717) is 5.52 Å². The second-order valence-corrected chi connectivity index (χ2v) is 3.01. The van der Waals surface area contributed by atoms with Gasteiger partial charge in [0, 0.05) is 6.20 Å². The maximum absolute atomic E-state index is 10.8. The highest BCUT2D eigenvalue weighted by Gasteiger charge is 2.13. The number of aromatic carboxylic acids is 2. The summed E-state index contributed by atoms with van der Waals surface area (Å²) in [6.07, 6.45) is 1.43. The molecule has 0 saturated carbocycles. The van der Waals surface area contributed by atoms with Gasteiger partial charge in [-0.25, -0.2) is 9.59 Å². The number of rotatable bonds is 2. The van der Waals surface area contributed by atoms with Crippen LogP contribution >= 0.6 is 0 Å². The Morgan fingerprint density at radius 2 is 1.80 bits per heavy atom. The number of fused-ring (bicyclic) bond motifs is 1. The summed E-state index contributed by atoms with van der Waals surface area (Å²) in [7, 11) is 0. The van der Waals surface area contributed by atoms with Crippen molar-refractivity contribution in [2.45, 2.75) is 0 Å². The number of carbonyl (C=O) groups is 2. The summed E-state index contributed by atoms with van der Waals surface area (Å²) in [6, 6.07) is 5.88. The molecule has 76 valence electrons. The van der Waals surface area contributed by atoms with Crippen LogP contribution in [0, 0.1) is 0 Å². The van der Waals surface area contributed by atoms with Crippen molar-refractivity contribution in [1.82, 2.24) is 4.40 Å². The summed E-state index contributed by atoms with van der Waals surface area (Å²) < 4.78 is 1.34. The average Bonchev–Trinajstić information content (AvgIpc) is 2.59. The van der Waals surface area contributed by atoms with Crippen molar-refractivity contribution in [2.24, 2.45) is 0 Å². The van der Waals surface area contributed by atoms with Crippen LogP contribution in [0.5, 0.6) is 0 Å². The molecular formula is C10H7NO4. The van der Waals surface area contributed by atoms with Gasteiger partial charge in [0.15, 0.2) is 0 Å². The van der Waals surface area contributed by atoms with E-state index >= 15 is 0 Å². The summed E-state index contributed by atoms with van der Waals surface area (Å²) >= 11 is 0. The van der Waals surface area contributed by atoms with Crippen molar-refractivity contribution < 1.29 is 19.8 Å². The molecule has 0 amide bonds. The minimum Gasteiger partial charge on any atom is -0.478 e. The Kier molecular flexibility index (Phi) is 1.93. The van der Waals surface area contributed by atoms with Gasteiger partial charge in [-0.05, 0) is 18.2 Å². The molecule has 0 aliphatic carbocycles. The maximum atomic E-state index is 10.8. The molecule has 0 fully saturated rings. The van der Waals surface area contributed by atoms with Crippen LogP contribution in [0.15, 0.2) is 30.5 Å². The fourth-order valence-electron chi connectivity index (χ4n) is 1.49. The third-order valence-corrected chi connectivity index (χ3v) is 2.14. The first-order valence-corrected chi connectivity index (χ1v) is 4.18. The van der Waals surface area contributed by atoms with Crippen molar-refractivity contribution in [3.63, 3.8) is 0 Å². The van der Waals surface area contributed by atoms with Crippen molar-refractivity contribution in [1.29, 1.82) is 0 Å². The lowest BCUT2D eigenvalue weighted by Crippen LogP contribution is -2.04. The quantitative estimate of drug-likeness (QED) is 0.775. The number of aromatic nitrogens is 1. The number of carboxylic acid groups (broad SMARTS) is 2. The molecule has 0 aromatic carbocycles. The Labute approximate surface area is 84.2 Å². The fraction of sp³-hybridized carbons (Fsp3) is 0. The molecule has 2 N–H and O–H groups in total. The van der Waals surface area contributed by atoms with Gasteiger partial charge in [-0.2, -0.15) is 0 Å². The first kappa shape index (κ1) is 9.26. The van der Waals surface area contributed by atoms with Crippen LogP contribution in [0.2, 0.25) is 0 Å². The van der Waals surface area contributed by atoms with Gasteiger partial charge >= 0.3 is 11.9 Å². The first-order chi connectivity index (χ1) is 7.11. The molecule has 5 nitrogen and oxygen atoms in total. The summed E-state index contributed by atoms with van der Waals surface area (Å²) in [5.74, 6) is -2.16. The molecule has 2 heterocycles. The monoisotopic (exact) mass is 205 g/mol. The zero-order valence-electron chi connectivity index (χ0n) is 7.54. The Morgan fingerprint density at radius 1 is 1.07 bits per heavy atom. The van der Waals surface area contributed by atoms with Gasteiger partial charge in [-0.1, -0.05) is 6.07 Å². The van der Waals surface area contributed by atoms with Gasteiger partial charge in [-0.3, -0.25) is 0 Å². The van der Waals surface area contributed by atoms with E-state index in [1.807, 2.05) is 0 Å². The lowest BCUT2D eigenvalue weighted by Gasteiger charge is -2.00. The second kappa shape index (κ2) is 3.13. The summed E-state index contributed by atoms with van der Waals surface area (Å²) in [4.78, 5) is 21.6. The van der Waals surface area contributed by atoms with E-state index in [-0.39, 0.29) is 11.3 Å². The van der Waals surface area contributed by atoms with Crippen LogP contribution < -0.4 is 0 Å². The molecule has 2 aromatic rings. The van der Waals surface area contributed by atoms with Gasteiger partial charge in [0.2, 0.25) is 0 Å². The predicted molar refractivity (Wildman–Crippen MR) is 51.3 cm³/mol. The van der Waals surface area contributed by atoms with Gasteiger partial charge in [0.05, 0.1) is 11.1 Å². The molecule has 2 aromatic heterocycles. The van der Waals surface area contributed by atoms with Crippen molar-refractivity contribution in [3.8, 4) is 0 Å². The summed E-state index contributed by atoms with van der Waals surface area (Å²) in [6.45, 7) is 0. The number of carboxylic acids is 2. The second-order valence-electron chi connectivity index (χ2n) is 3.01. The normalized spacial score (nSPS) is 10.4. The summed E-state index contributed by atoms with van der Waals surface area (Å²) in [5.41, 5.74) is 0.514. The summed E-state index contributed by atoms with van der Waals surface area (Å²) in [5, 5.41) is 17.7. The molecule has 0 aliphatic heterocycles. The van der Waals surface area contributed by atoms with E-state index in [0.717, 1.165) is 0 Å². The third kappa shape index (κ3) is 1.34. The standard InChI is InChI=1S/C10H7NO4/c12-9(13)6-4-5-11-7(6)2-1-3-8(11)10(14)15/h1-5H,(H,12,13)(H,14,15). The lowest BCUT2D eigenvalue weighted by atomic mass is 10.2. The average molecular weight is 205 g/mol. The molecule has 0 aliphatic rings. The number of pyridine rings is 1. The van der Waals surface area contributed by atoms with E-state index in [1.165, 1.54) is 28.8 Å². The number of hydrogen-bond acceptors (Lipinski definition) is 2. The molecule has 0 spiro atoms. The van der Waals surface area contributed by atoms with Gasteiger partial charge in [0.1, 0.15) is 5.69 Å². The minimum absolute atomic E-state index is 0.0417. The number of hydrogen-bond donors (Lipinski definition) is 2. The van der Waals surface area contributed by atoms with Crippen LogP contribution in [-0.2, 0) is 0 Å². The Balaban J connectivity index is 2.80. The van der Waals surface area contributed by atoms with Crippen molar-refractivity contribution >= 4 is 17.5 Å².